The smallest absolute Gasteiger partial charge is 0.134 e. The van der Waals surface area contributed by atoms with Gasteiger partial charge in [0.25, 0.3) is 0 Å². The van der Waals surface area contributed by atoms with E-state index in [0.717, 1.165) is 12.2 Å². The van der Waals surface area contributed by atoms with Gasteiger partial charge in [0.1, 0.15) is 5.82 Å². The van der Waals surface area contributed by atoms with Crippen LogP contribution >= 0.6 is 22.7 Å². The van der Waals surface area contributed by atoms with E-state index in [-0.39, 0.29) is 0 Å². The van der Waals surface area contributed by atoms with Crippen LogP contribution in [0.1, 0.15) is 16.7 Å². The van der Waals surface area contributed by atoms with E-state index in [1.807, 2.05) is 17.5 Å². The van der Waals surface area contributed by atoms with Crippen LogP contribution in [0.2, 0.25) is 0 Å². The molecule has 3 heterocycles. The molecule has 3 rings (SSSR count). The van der Waals surface area contributed by atoms with Crippen LogP contribution in [0.15, 0.2) is 35.8 Å². The Morgan fingerprint density at radius 2 is 2.16 bits per heavy atom. The minimum Gasteiger partial charge on any atom is -0.367 e. The zero-order valence-electron chi connectivity index (χ0n) is 11.0. The molecule has 4 heteroatoms. The van der Waals surface area contributed by atoms with Gasteiger partial charge in [0, 0.05) is 38.5 Å². The standard InChI is InChI=1S/C15H16N2S2/c1-10(9-12-4-3-11(2)19-12)17-15-13-6-8-18-14(13)5-7-16-15/h3-8,10H,9H2,1-2H3,(H,16,17). The van der Waals surface area contributed by atoms with Crippen LogP contribution in [-0.2, 0) is 6.42 Å². The van der Waals surface area contributed by atoms with Crippen LogP contribution in [0, 0.1) is 6.92 Å². The largest absolute Gasteiger partial charge is 0.367 e. The lowest BCUT2D eigenvalue weighted by Crippen LogP contribution is -2.18. The van der Waals surface area contributed by atoms with Gasteiger partial charge >= 0.3 is 0 Å². The van der Waals surface area contributed by atoms with Crippen molar-refractivity contribution in [2.24, 2.45) is 0 Å². The molecule has 2 nitrogen and oxygen atoms in total. The summed E-state index contributed by atoms with van der Waals surface area (Å²) in [7, 11) is 0. The zero-order chi connectivity index (χ0) is 13.2. The van der Waals surface area contributed by atoms with E-state index in [0.29, 0.717) is 6.04 Å². The summed E-state index contributed by atoms with van der Waals surface area (Å²) in [5.41, 5.74) is 0. The molecule has 0 saturated carbocycles. The summed E-state index contributed by atoms with van der Waals surface area (Å²) in [6, 6.07) is 8.99. The van der Waals surface area contributed by atoms with Crippen LogP contribution < -0.4 is 5.32 Å². The molecular weight excluding hydrogens is 272 g/mol. The predicted molar refractivity (Wildman–Crippen MR) is 85.5 cm³/mol. The summed E-state index contributed by atoms with van der Waals surface area (Å²) in [5.74, 6) is 1.000. The van der Waals surface area contributed by atoms with Gasteiger partial charge in [-0.2, -0.15) is 0 Å². The number of nitrogens with one attached hydrogen (secondary N) is 1. The third-order valence-corrected chi connectivity index (χ3v) is 4.97. The van der Waals surface area contributed by atoms with Gasteiger partial charge < -0.3 is 5.32 Å². The number of thiophene rings is 2. The fourth-order valence-corrected chi connectivity index (χ4v) is 3.99. The lowest BCUT2D eigenvalue weighted by atomic mass is 10.2. The number of aryl methyl sites for hydroxylation is 1. The van der Waals surface area contributed by atoms with Crippen molar-refractivity contribution in [1.82, 2.24) is 4.98 Å². The van der Waals surface area contributed by atoms with E-state index in [1.165, 1.54) is 19.8 Å². The highest BCUT2D eigenvalue weighted by Crippen LogP contribution is 2.26. The molecule has 19 heavy (non-hydrogen) atoms. The lowest BCUT2D eigenvalue weighted by molar-refractivity contribution is 0.796. The van der Waals surface area contributed by atoms with Crippen LogP contribution in [-0.4, -0.2) is 11.0 Å². The van der Waals surface area contributed by atoms with E-state index in [4.69, 9.17) is 0 Å². The number of pyridine rings is 1. The lowest BCUT2D eigenvalue weighted by Gasteiger charge is -2.14. The quantitative estimate of drug-likeness (QED) is 0.752. The van der Waals surface area contributed by atoms with E-state index in [2.05, 4.69) is 53.8 Å². The minimum absolute atomic E-state index is 0.385. The maximum atomic E-state index is 4.46. The molecular formula is C15H16N2S2. The number of hydrogen-bond donors (Lipinski definition) is 1. The molecule has 1 atom stereocenters. The molecule has 0 spiro atoms. The number of rotatable bonds is 4. The first-order chi connectivity index (χ1) is 9.22. The second-order valence-electron chi connectivity index (χ2n) is 4.75. The normalized spacial score (nSPS) is 12.7. The van der Waals surface area contributed by atoms with Crippen molar-refractivity contribution in [2.45, 2.75) is 26.3 Å². The topological polar surface area (TPSA) is 24.9 Å². The molecule has 3 aromatic rings. The Labute approximate surface area is 121 Å². The summed E-state index contributed by atoms with van der Waals surface area (Å²) in [5, 5.41) is 6.87. The molecule has 3 aromatic heterocycles. The van der Waals surface area contributed by atoms with Crippen molar-refractivity contribution in [1.29, 1.82) is 0 Å². The van der Waals surface area contributed by atoms with E-state index >= 15 is 0 Å². The van der Waals surface area contributed by atoms with Gasteiger partial charge in [-0.25, -0.2) is 4.98 Å². The maximum absolute atomic E-state index is 4.46. The van der Waals surface area contributed by atoms with E-state index in [9.17, 15) is 0 Å². The number of hydrogen-bond acceptors (Lipinski definition) is 4. The molecule has 0 amide bonds. The molecule has 0 radical (unpaired) electrons. The molecule has 98 valence electrons. The highest BCUT2D eigenvalue weighted by Gasteiger charge is 2.09. The summed E-state index contributed by atoms with van der Waals surface area (Å²) in [6.45, 7) is 4.36. The fraction of sp³-hybridized carbons (Fsp3) is 0.267. The Bertz CT molecular complexity index is 684. The van der Waals surface area contributed by atoms with Crippen molar-refractivity contribution in [2.75, 3.05) is 5.32 Å². The number of nitrogens with zero attached hydrogens (tertiary/aromatic N) is 1. The molecule has 0 aliphatic carbocycles. The first-order valence-electron chi connectivity index (χ1n) is 6.36. The molecule has 1 unspecified atom stereocenters. The second kappa shape index (κ2) is 5.31. The third kappa shape index (κ3) is 2.80. The summed E-state index contributed by atoms with van der Waals surface area (Å²) in [6.07, 6.45) is 2.92. The van der Waals surface area contributed by atoms with Gasteiger partial charge in [-0.05, 0) is 43.5 Å². The van der Waals surface area contributed by atoms with Gasteiger partial charge in [-0.1, -0.05) is 0 Å². The van der Waals surface area contributed by atoms with Gasteiger partial charge in [0.2, 0.25) is 0 Å². The van der Waals surface area contributed by atoms with Crippen LogP contribution in [0.25, 0.3) is 10.1 Å². The fourth-order valence-electron chi connectivity index (χ4n) is 2.19. The van der Waals surface area contributed by atoms with Crippen LogP contribution in [0.3, 0.4) is 0 Å². The Balaban J connectivity index is 1.75. The Kier molecular flexibility index (Phi) is 3.53. The van der Waals surface area contributed by atoms with E-state index in [1.54, 1.807) is 11.3 Å². The Morgan fingerprint density at radius 1 is 1.26 bits per heavy atom. The van der Waals surface area contributed by atoms with Crippen molar-refractivity contribution >= 4 is 38.6 Å². The van der Waals surface area contributed by atoms with Crippen molar-refractivity contribution in [3.8, 4) is 0 Å². The number of anilines is 1. The molecule has 0 fully saturated rings. The van der Waals surface area contributed by atoms with Crippen molar-refractivity contribution in [3.63, 3.8) is 0 Å². The SMILES string of the molecule is Cc1ccc(CC(C)Nc2nccc3sccc23)s1. The molecule has 0 aliphatic heterocycles. The summed E-state index contributed by atoms with van der Waals surface area (Å²) in [4.78, 5) is 7.27. The first-order valence-corrected chi connectivity index (χ1v) is 8.06. The zero-order valence-corrected chi connectivity index (χ0v) is 12.6. The summed E-state index contributed by atoms with van der Waals surface area (Å²) >= 11 is 3.63. The Hall–Kier alpha value is -1.39. The van der Waals surface area contributed by atoms with Crippen LogP contribution in [0.4, 0.5) is 5.82 Å². The van der Waals surface area contributed by atoms with Gasteiger partial charge in [-0.15, -0.1) is 22.7 Å². The first kappa shape index (κ1) is 12.6. The van der Waals surface area contributed by atoms with Crippen LogP contribution in [0.5, 0.6) is 0 Å². The third-order valence-electron chi connectivity index (χ3n) is 3.07. The average molecular weight is 288 g/mol. The molecule has 1 N–H and O–H groups in total. The van der Waals surface area contributed by atoms with Gasteiger partial charge in [0.05, 0.1) is 0 Å². The highest BCUT2D eigenvalue weighted by atomic mass is 32.1. The minimum atomic E-state index is 0.385. The number of fused-ring (bicyclic) bond motifs is 1. The average Bonchev–Trinajstić information content (AvgIpc) is 2.98. The van der Waals surface area contributed by atoms with Gasteiger partial charge in [0.15, 0.2) is 0 Å². The molecule has 0 aromatic carbocycles. The molecule has 0 saturated heterocycles. The van der Waals surface area contributed by atoms with Crippen molar-refractivity contribution in [3.05, 3.63) is 45.6 Å². The highest BCUT2D eigenvalue weighted by molar-refractivity contribution is 7.17. The van der Waals surface area contributed by atoms with Crippen molar-refractivity contribution < 1.29 is 0 Å². The van der Waals surface area contributed by atoms with E-state index < -0.39 is 0 Å². The molecule has 0 bridgehead atoms. The Morgan fingerprint density at radius 3 is 2.95 bits per heavy atom. The monoisotopic (exact) mass is 288 g/mol. The summed E-state index contributed by atoms with van der Waals surface area (Å²) < 4.78 is 1.29. The molecule has 0 aliphatic rings. The van der Waals surface area contributed by atoms with Gasteiger partial charge in [-0.3, -0.25) is 0 Å². The maximum Gasteiger partial charge on any atom is 0.134 e. The predicted octanol–water partition coefficient (Wildman–Crippen LogP) is 4.71. The number of aromatic nitrogens is 1. The second-order valence-corrected chi connectivity index (χ2v) is 7.07.